The summed E-state index contributed by atoms with van der Waals surface area (Å²) < 4.78 is 29.1. The van der Waals surface area contributed by atoms with Crippen LogP contribution in [0.4, 0.5) is 0 Å². The maximum atomic E-state index is 12.6. The zero-order valence-corrected chi connectivity index (χ0v) is 19.3. The molecule has 2 aromatic heterocycles. The van der Waals surface area contributed by atoms with Gasteiger partial charge in [0.05, 0.1) is 10.9 Å². The summed E-state index contributed by atoms with van der Waals surface area (Å²) in [6.07, 6.45) is 9.50. The van der Waals surface area contributed by atoms with Crippen LogP contribution in [0.2, 0.25) is 0 Å². The third-order valence-corrected chi connectivity index (χ3v) is 7.28. The van der Waals surface area contributed by atoms with E-state index in [-0.39, 0.29) is 22.9 Å². The maximum absolute atomic E-state index is 12.6. The number of nitrogens with one attached hydrogen (secondary N) is 2. The predicted molar refractivity (Wildman–Crippen MR) is 126 cm³/mol. The number of nitrogens with zero attached hydrogens (tertiary/aromatic N) is 3. The number of sulfonamides is 1. The van der Waals surface area contributed by atoms with Crippen LogP contribution in [0.1, 0.15) is 36.7 Å². The van der Waals surface area contributed by atoms with Crippen LogP contribution in [0, 0.1) is 0 Å². The molecule has 0 aliphatic heterocycles. The summed E-state index contributed by atoms with van der Waals surface area (Å²) in [6, 6.07) is 11.9. The van der Waals surface area contributed by atoms with Crippen LogP contribution >= 0.6 is 11.8 Å². The van der Waals surface area contributed by atoms with Crippen molar-refractivity contribution in [3.05, 3.63) is 66.1 Å². The molecule has 4 rings (SSSR count). The number of benzene rings is 1. The molecule has 0 radical (unpaired) electrons. The SMILES string of the molecule is CSCCC(NC(=O)/C=C/c1ccc(S(=O)(=O)NC2CC2)cc1)c1nnc2ccccn12. The molecule has 1 unspecified atom stereocenters. The van der Waals surface area contributed by atoms with Crippen LogP contribution in [0.3, 0.4) is 0 Å². The van der Waals surface area contributed by atoms with Gasteiger partial charge >= 0.3 is 0 Å². The molecule has 2 N–H and O–H groups in total. The van der Waals surface area contributed by atoms with Crippen molar-refractivity contribution in [3.63, 3.8) is 0 Å². The van der Waals surface area contributed by atoms with Gasteiger partial charge in [-0.25, -0.2) is 13.1 Å². The van der Waals surface area contributed by atoms with E-state index in [0.29, 0.717) is 5.82 Å². The van der Waals surface area contributed by atoms with Gasteiger partial charge in [0.15, 0.2) is 11.5 Å². The molecule has 0 saturated heterocycles. The molecule has 1 amide bonds. The second kappa shape index (κ2) is 9.85. The molecule has 2 heterocycles. The number of rotatable bonds is 10. The van der Waals surface area contributed by atoms with E-state index < -0.39 is 10.0 Å². The lowest BCUT2D eigenvalue weighted by Gasteiger charge is -2.16. The van der Waals surface area contributed by atoms with Gasteiger partial charge in [-0.15, -0.1) is 10.2 Å². The van der Waals surface area contributed by atoms with Gasteiger partial charge in [-0.1, -0.05) is 18.2 Å². The number of carbonyl (C=O) groups excluding carboxylic acids is 1. The monoisotopic (exact) mass is 471 g/mol. The molecule has 1 atom stereocenters. The van der Waals surface area contributed by atoms with Crippen molar-refractivity contribution < 1.29 is 13.2 Å². The van der Waals surface area contributed by atoms with Crippen LogP contribution in [0.5, 0.6) is 0 Å². The van der Waals surface area contributed by atoms with Gasteiger partial charge in [-0.2, -0.15) is 11.8 Å². The molecular formula is C22H25N5O3S2. The minimum absolute atomic E-state index is 0.0599. The van der Waals surface area contributed by atoms with Crippen LogP contribution in [0.25, 0.3) is 11.7 Å². The average Bonchev–Trinajstić information content (AvgIpc) is 3.49. The van der Waals surface area contributed by atoms with E-state index in [1.54, 1.807) is 42.1 Å². The predicted octanol–water partition coefficient (Wildman–Crippen LogP) is 2.79. The molecule has 1 aliphatic carbocycles. The summed E-state index contributed by atoms with van der Waals surface area (Å²) in [5.41, 5.74) is 1.46. The van der Waals surface area contributed by atoms with Crippen LogP contribution in [0.15, 0.2) is 59.6 Å². The van der Waals surface area contributed by atoms with Gasteiger partial charge in [-0.05, 0) is 67.2 Å². The number of amides is 1. The highest BCUT2D eigenvalue weighted by Gasteiger charge is 2.27. The topological polar surface area (TPSA) is 105 Å². The summed E-state index contributed by atoms with van der Waals surface area (Å²) in [4.78, 5) is 12.8. The van der Waals surface area contributed by atoms with E-state index in [4.69, 9.17) is 0 Å². The van der Waals surface area contributed by atoms with Gasteiger partial charge in [0.2, 0.25) is 15.9 Å². The molecular weight excluding hydrogens is 446 g/mol. The standard InChI is InChI=1S/C22H25N5O3S2/c1-31-15-13-19(22-25-24-20-4-2-3-14-27(20)22)23-21(28)12-7-16-5-10-18(11-6-16)32(29,30)26-17-8-9-17/h2-7,10-12,14,17,19,26H,8-9,13,15H2,1H3,(H,23,28)/b12-7+. The number of carbonyl (C=O) groups is 1. The second-order valence-electron chi connectivity index (χ2n) is 7.63. The minimum atomic E-state index is -3.48. The van der Waals surface area contributed by atoms with E-state index in [9.17, 15) is 13.2 Å². The molecule has 10 heteroatoms. The number of pyridine rings is 1. The lowest BCUT2D eigenvalue weighted by atomic mass is 10.2. The largest absolute Gasteiger partial charge is 0.342 e. The molecule has 1 aromatic carbocycles. The summed E-state index contributed by atoms with van der Waals surface area (Å²) in [7, 11) is -3.48. The van der Waals surface area contributed by atoms with Crippen molar-refractivity contribution in [2.45, 2.75) is 36.2 Å². The summed E-state index contributed by atoms with van der Waals surface area (Å²) in [6.45, 7) is 0. The fourth-order valence-corrected chi connectivity index (χ4v) is 5.01. The van der Waals surface area contributed by atoms with E-state index in [2.05, 4.69) is 20.2 Å². The quantitative estimate of drug-likeness (QED) is 0.441. The molecule has 168 valence electrons. The van der Waals surface area contributed by atoms with Gasteiger partial charge in [0.1, 0.15) is 0 Å². The Bertz CT molecular complexity index is 1220. The van der Waals surface area contributed by atoms with Gasteiger partial charge < -0.3 is 5.32 Å². The number of thioether (sulfide) groups is 1. The Morgan fingerprint density at radius 3 is 2.72 bits per heavy atom. The fourth-order valence-electron chi connectivity index (χ4n) is 3.24. The highest BCUT2D eigenvalue weighted by Crippen LogP contribution is 2.22. The Morgan fingerprint density at radius 2 is 2.00 bits per heavy atom. The fraction of sp³-hybridized carbons (Fsp3) is 0.318. The van der Waals surface area contributed by atoms with E-state index in [1.165, 1.54) is 6.08 Å². The van der Waals surface area contributed by atoms with Gasteiger partial charge in [-0.3, -0.25) is 9.20 Å². The zero-order chi connectivity index (χ0) is 22.6. The molecule has 0 bridgehead atoms. The third-order valence-electron chi connectivity index (χ3n) is 5.10. The van der Waals surface area contributed by atoms with Crippen molar-refractivity contribution in [2.75, 3.05) is 12.0 Å². The zero-order valence-electron chi connectivity index (χ0n) is 17.6. The first-order valence-corrected chi connectivity index (χ1v) is 13.2. The minimum Gasteiger partial charge on any atom is -0.342 e. The average molecular weight is 472 g/mol. The summed E-state index contributed by atoms with van der Waals surface area (Å²) in [5.74, 6) is 1.30. The highest BCUT2D eigenvalue weighted by molar-refractivity contribution is 7.98. The Labute approximate surface area is 191 Å². The molecule has 1 fully saturated rings. The summed E-state index contributed by atoms with van der Waals surface area (Å²) in [5, 5.41) is 11.5. The van der Waals surface area contributed by atoms with Crippen LogP contribution in [-0.2, 0) is 14.8 Å². The summed E-state index contributed by atoms with van der Waals surface area (Å²) >= 11 is 1.70. The van der Waals surface area contributed by atoms with Crippen molar-refractivity contribution >= 4 is 39.4 Å². The Balaban J connectivity index is 1.43. The molecule has 8 nitrogen and oxygen atoms in total. The molecule has 3 aromatic rings. The van der Waals surface area contributed by atoms with Crippen molar-refractivity contribution in [2.24, 2.45) is 0 Å². The Morgan fingerprint density at radius 1 is 1.22 bits per heavy atom. The molecule has 1 saturated carbocycles. The maximum Gasteiger partial charge on any atom is 0.244 e. The lowest BCUT2D eigenvalue weighted by Crippen LogP contribution is -2.29. The van der Waals surface area contributed by atoms with Gasteiger partial charge in [0, 0.05) is 18.3 Å². The highest BCUT2D eigenvalue weighted by atomic mass is 32.2. The van der Waals surface area contributed by atoms with Crippen molar-refractivity contribution in [3.8, 4) is 0 Å². The van der Waals surface area contributed by atoms with Crippen LogP contribution < -0.4 is 10.0 Å². The molecule has 0 spiro atoms. The first kappa shape index (κ1) is 22.5. The van der Waals surface area contributed by atoms with Crippen LogP contribution in [-0.4, -0.2) is 47.0 Å². The molecule has 1 aliphatic rings. The first-order chi connectivity index (χ1) is 15.5. The second-order valence-corrected chi connectivity index (χ2v) is 10.3. The van der Waals surface area contributed by atoms with Crippen molar-refractivity contribution in [1.82, 2.24) is 24.6 Å². The van der Waals surface area contributed by atoms with E-state index in [0.717, 1.165) is 36.2 Å². The third kappa shape index (κ3) is 5.56. The normalized spacial score (nSPS) is 15.3. The molecule has 32 heavy (non-hydrogen) atoms. The van der Waals surface area contributed by atoms with Crippen molar-refractivity contribution in [1.29, 1.82) is 0 Å². The Kier molecular flexibility index (Phi) is 6.92. The van der Waals surface area contributed by atoms with Gasteiger partial charge in [0.25, 0.3) is 0 Å². The Hall–Kier alpha value is -2.69. The number of aromatic nitrogens is 3. The van der Waals surface area contributed by atoms with E-state index >= 15 is 0 Å². The lowest BCUT2D eigenvalue weighted by molar-refractivity contribution is -0.117. The number of fused-ring (bicyclic) bond motifs is 1. The number of hydrogen-bond acceptors (Lipinski definition) is 6. The first-order valence-electron chi connectivity index (χ1n) is 10.4. The van der Waals surface area contributed by atoms with E-state index in [1.807, 2.05) is 35.1 Å². The number of hydrogen-bond donors (Lipinski definition) is 2. The smallest absolute Gasteiger partial charge is 0.244 e.